The molecule has 4 N–H and O–H groups in total. The maximum atomic E-state index is 12.8. The number of esters is 1. The summed E-state index contributed by atoms with van der Waals surface area (Å²) >= 11 is 0. The first-order valence-electron chi connectivity index (χ1n) is 24.4. The fourth-order valence-electron chi connectivity index (χ4n) is 7.48. The number of hydrogen-bond donors (Lipinski definition) is 4. The van der Waals surface area contributed by atoms with Crippen LogP contribution in [0.4, 0.5) is 0 Å². The van der Waals surface area contributed by atoms with Gasteiger partial charge >= 0.3 is 5.97 Å². The molecule has 0 aromatic heterocycles. The lowest BCUT2D eigenvalue weighted by Gasteiger charge is -2.39. The molecular formula is C49H92O9. The number of carbonyl (C=O) groups excluding carboxylic acids is 1. The van der Waals surface area contributed by atoms with Gasteiger partial charge in [-0.25, -0.2) is 0 Å². The molecular weight excluding hydrogens is 733 g/mol. The van der Waals surface area contributed by atoms with E-state index in [1.165, 1.54) is 154 Å². The van der Waals surface area contributed by atoms with Crippen LogP contribution in [0.1, 0.15) is 219 Å². The van der Waals surface area contributed by atoms with E-state index in [4.69, 9.17) is 18.9 Å². The number of aliphatic hydroxyl groups is 4. The quantitative estimate of drug-likeness (QED) is 0.0269. The minimum Gasteiger partial charge on any atom is -0.457 e. The van der Waals surface area contributed by atoms with Crippen molar-refractivity contribution in [1.29, 1.82) is 0 Å². The van der Waals surface area contributed by atoms with Crippen LogP contribution in [-0.2, 0) is 23.7 Å². The van der Waals surface area contributed by atoms with E-state index >= 15 is 0 Å². The Labute approximate surface area is 356 Å². The van der Waals surface area contributed by atoms with Crippen molar-refractivity contribution in [3.8, 4) is 0 Å². The summed E-state index contributed by atoms with van der Waals surface area (Å²) in [4.78, 5) is 12.8. The Hall–Kier alpha value is -1.33. The van der Waals surface area contributed by atoms with Gasteiger partial charge in [0, 0.05) is 13.0 Å². The molecule has 1 heterocycles. The first-order chi connectivity index (χ1) is 28.4. The van der Waals surface area contributed by atoms with Crippen molar-refractivity contribution in [3.63, 3.8) is 0 Å². The molecule has 6 atom stereocenters. The monoisotopic (exact) mass is 825 g/mol. The Morgan fingerprint density at radius 1 is 0.534 bits per heavy atom. The third kappa shape index (κ3) is 31.5. The molecule has 1 aliphatic heterocycles. The zero-order chi connectivity index (χ0) is 42.2. The Balaban J connectivity index is 2.23. The largest absolute Gasteiger partial charge is 0.457 e. The standard InChI is InChI=1S/C49H92O9/c1-3-5-7-9-11-13-15-17-19-21-22-23-25-27-29-31-33-35-37-39-55-41-43(42-56-49-48(54)47(53)46(52)44(40-50)58-49)57-45(51)38-36-34-32-30-28-26-24-20-18-16-14-12-10-8-6-4-2/h19-21,24,43-44,46-50,52-54H,3-18,22-23,25-42H2,1-2H3/b21-19-,24-20-. The van der Waals surface area contributed by atoms with Gasteiger partial charge in [0.25, 0.3) is 0 Å². The number of allylic oxidation sites excluding steroid dienone is 4. The summed E-state index contributed by atoms with van der Waals surface area (Å²) in [6.45, 7) is 4.56. The van der Waals surface area contributed by atoms with E-state index in [1.54, 1.807) is 0 Å². The highest BCUT2D eigenvalue weighted by molar-refractivity contribution is 5.69. The lowest BCUT2D eigenvalue weighted by molar-refractivity contribution is -0.305. The van der Waals surface area contributed by atoms with Crippen LogP contribution in [0, 0.1) is 0 Å². The normalized spacial score (nSPS) is 20.4. The van der Waals surface area contributed by atoms with Crippen LogP contribution in [0.15, 0.2) is 24.3 Å². The molecule has 0 aromatic carbocycles. The van der Waals surface area contributed by atoms with Gasteiger partial charge in [0.1, 0.15) is 30.5 Å². The average Bonchev–Trinajstić information content (AvgIpc) is 3.22. The predicted molar refractivity (Wildman–Crippen MR) is 238 cm³/mol. The van der Waals surface area contributed by atoms with Crippen molar-refractivity contribution >= 4 is 5.97 Å². The van der Waals surface area contributed by atoms with E-state index in [2.05, 4.69) is 38.2 Å². The predicted octanol–water partition coefficient (Wildman–Crippen LogP) is 11.4. The third-order valence-corrected chi connectivity index (χ3v) is 11.3. The second-order valence-corrected chi connectivity index (χ2v) is 16.9. The molecule has 9 heteroatoms. The van der Waals surface area contributed by atoms with Crippen molar-refractivity contribution in [2.24, 2.45) is 0 Å². The van der Waals surface area contributed by atoms with Crippen molar-refractivity contribution in [3.05, 3.63) is 24.3 Å². The second-order valence-electron chi connectivity index (χ2n) is 16.9. The van der Waals surface area contributed by atoms with Gasteiger partial charge in [0.05, 0.1) is 19.8 Å². The minimum atomic E-state index is -1.54. The van der Waals surface area contributed by atoms with Crippen molar-refractivity contribution in [1.82, 2.24) is 0 Å². The van der Waals surface area contributed by atoms with E-state index in [9.17, 15) is 25.2 Å². The molecule has 0 aliphatic carbocycles. The number of carbonyl (C=O) groups is 1. The van der Waals surface area contributed by atoms with Crippen LogP contribution in [0.3, 0.4) is 0 Å². The summed E-state index contributed by atoms with van der Waals surface area (Å²) in [5.41, 5.74) is 0. The highest BCUT2D eigenvalue weighted by atomic mass is 16.7. The zero-order valence-electron chi connectivity index (χ0n) is 37.6. The molecule has 0 radical (unpaired) electrons. The number of unbranched alkanes of at least 4 members (excludes halogenated alkanes) is 27. The maximum absolute atomic E-state index is 12.8. The smallest absolute Gasteiger partial charge is 0.306 e. The maximum Gasteiger partial charge on any atom is 0.306 e. The summed E-state index contributed by atoms with van der Waals surface area (Å²) in [6.07, 6.45) is 40.6. The van der Waals surface area contributed by atoms with Gasteiger partial charge in [0.15, 0.2) is 6.29 Å². The van der Waals surface area contributed by atoms with Crippen molar-refractivity contribution in [2.75, 3.05) is 26.4 Å². The summed E-state index contributed by atoms with van der Waals surface area (Å²) in [5, 5.41) is 40.2. The molecule has 9 nitrogen and oxygen atoms in total. The molecule has 1 saturated heterocycles. The highest BCUT2D eigenvalue weighted by Crippen LogP contribution is 2.23. The lowest BCUT2D eigenvalue weighted by atomic mass is 9.99. The Morgan fingerprint density at radius 2 is 0.948 bits per heavy atom. The first kappa shape index (κ1) is 54.7. The SMILES string of the molecule is CCCCCCCCC/C=C\CCCCCCCCCCOCC(COC1OC(CO)C(O)C(O)C1O)OC(=O)CCCCCCC/C=C\CCCCCCCCC. The van der Waals surface area contributed by atoms with Crippen LogP contribution in [0.2, 0.25) is 0 Å². The van der Waals surface area contributed by atoms with Crippen LogP contribution >= 0.6 is 0 Å². The molecule has 0 amide bonds. The van der Waals surface area contributed by atoms with Crippen LogP contribution in [0.5, 0.6) is 0 Å². The molecule has 342 valence electrons. The zero-order valence-corrected chi connectivity index (χ0v) is 37.6. The third-order valence-electron chi connectivity index (χ3n) is 11.3. The lowest BCUT2D eigenvalue weighted by Crippen LogP contribution is -2.59. The second kappa shape index (κ2) is 41.0. The number of rotatable bonds is 42. The fourth-order valence-corrected chi connectivity index (χ4v) is 7.48. The van der Waals surface area contributed by atoms with Gasteiger partial charge in [-0.1, -0.05) is 173 Å². The van der Waals surface area contributed by atoms with Gasteiger partial charge < -0.3 is 39.4 Å². The Morgan fingerprint density at radius 3 is 1.40 bits per heavy atom. The van der Waals surface area contributed by atoms with Crippen molar-refractivity contribution < 1.29 is 44.2 Å². The number of hydrogen-bond acceptors (Lipinski definition) is 9. The van der Waals surface area contributed by atoms with Crippen LogP contribution in [0.25, 0.3) is 0 Å². The average molecular weight is 825 g/mol. The van der Waals surface area contributed by atoms with Gasteiger partial charge in [0.2, 0.25) is 0 Å². The molecule has 0 spiro atoms. The van der Waals surface area contributed by atoms with E-state index < -0.39 is 43.4 Å². The van der Waals surface area contributed by atoms with E-state index in [0.29, 0.717) is 13.0 Å². The Kier molecular flexibility index (Phi) is 38.7. The molecule has 1 fully saturated rings. The molecule has 0 aromatic rings. The molecule has 6 unspecified atom stereocenters. The number of ether oxygens (including phenoxy) is 4. The van der Waals surface area contributed by atoms with E-state index in [0.717, 1.165) is 44.9 Å². The van der Waals surface area contributed by atoms with Gasteiger partial charge in [-0.3, -0.25) is 4.79 Å². The van der Waals surface area contributed by atoms with Gasteiger partial charge in [-0.15, -0.1) is 0 Å². The van der Waals surface area contributed by atoms with Gasteiger partial charge in [-0.2, -0.15) is 0 Å². The summed E-state index contributed by atoms with van der Waals surface area (Å²) in [5.74, 6) is -0.321. The topological polar surface area (TPSA) is 135 Å². The van der Waals surface area contributed by atoms with E-state index in [1.807, 2.05) is 0 Å². The minimum absolute atomic E-state index is 0.115. The summed E-state index contributed by atoms with van der Waals surface area (Å²) in [6, 6.07) is 0. The fraction of sp³-hybridized carbons (Fsp3) is 0.898. The van der Waals surface area contributed by atoms with Crippen LogP contribution in [-0.4, -0.2) is 89.6 Å². The molecule has 1 aliphatic rings. The van der Waals surface area contributed by atoms with Gasteiger partial charge in [-0.05, 0) is 64.2 Å². The number of aliphatic hydroxyl groups excluding tert-OH is 4. The molecule has 0 saturated carbocycles. The molecule has 1 rings (SSSR count). The highest BCUT2D eigenvalue weighted by Gasteiger charge is 2.44. The molecule has 0 bridgehead atoms. The Bertz CT molecular complexity index is 941. The van der Waals surface area contributed by atoms with Crippen molar-refractivity contribution in [2.45, 2.75) is 256 Å². The van der Waals surface area contributed by atoms with E-state index in [-0.39, 0.29) is 19.2 Å². The summed E-state index contributed by atoms with van der Waals surface area (Å²) < 4.78 is 22.9. The first-order valence-corrected chi connectivity index (χ1v) is 24.4. The summed E-state index contributed by atoms with van der Waals surface area (Å²) in [7, 11) is 0. The molecule has 58 heavy (non-hydrogen) atoms. The van der Waals surface area contributed by atoms with Crippen LogP contribution < -0.4 is 0 Å².